The topological polar surface area (TPSA) is 189 Å². The number of hydrogen-bond donors (Lipinski definition) is 4. The van der Waals surface area contributed by atoms with Gasteiger partial charge in [-0.05, 0) is 72.9 Å². The molecule has 0 aliphatic carbocycles. The van der Waals surface area contributed by atoms with E-state index >= 15 is 0 Å². The summed E-state index contributed by atoms with van der Waals surface area (Å²) >= 11 is 5.27. The Labute approximate surface area is 390 Å². The SMILES string of the molecule is C#CCOCCOCCCC(=O)CCC(CCC(=O)NCCOCCOCC#C)(CCC(=O)NCCOCCOCC#C)NC(=O)c1ccc(-c2ccc(OP(O)(=S)C(C)C)cc2)cc1. The van der Waals surface area contributed by atoms with Crippen molar-refractivity contribution in [2.24, 2.45) is 0 Å². The monoisotopic (exact) mass is 939 g/mol. The maximum absolute atomic E-state index is 14.1. The van der Waals surface area contributed by atoms with E-state index in [4.69, 9.17) is 64.0 Å². The van der Waals surface area contributed by atoms with Gasteiger partial charge in [-0.15, -0.1) is 19.3 Å². The zero-order valence-electron chi connectivity index (χ0n) is 37.8. The molecule has 2 rings (SSSR count). The molecule has 3 amide bonds. The Morgan fingerprint density at radius 1 is 0.631 bits per heavy atom. The van der Waals surface area contributed by atoms with Gasteiger partial charge in [-0.25, -0.2) is 0 Å². The van der Waals surface area contributed by atoms with Crippen LogP contribution >= 0.6 is 6.49 Å². The Kier molecular flexibility index (Phi) is 29.4. The number of ketones is 1. The number of carbonyl (C=O) groups excluding carboxylic acids is 4. The first kappa shape index (κ1) is 56.5. The van der Waals surface area contributed by atoms with Crippen molar-refractivity contribution >= 4 is 41.8 Å². The molecule has 0 bridgehead atoms. The van der Waals surface area contributed by atoms with Gasteiger partial charge < -0.3 is 53.8 Å². The summed E-state index contributed by atoms with van der Waals surface area (Å²) in [6.07, 6.45) is 16.8. The molecular formula is C48H66N3O12PS. The van der Waals surface area contributed by atoms with Crippen LogP contribution in [0, 0.1) is 37.0 Å². The van der Waals surface area contributed by atoms with E-state index < -0.39 is 17.9 Å². The third-order valence-corrected chi connectivity index (χ3v) is 13.0. The van der Waals surface area contributed by atoms with Crippen molar-refractivity contribution in [3.63, 3.8) is 0 Å². The first-order valence-corrected chi connectivity index (χ1v) is 24.5. The second-order valence-corrected chi connectivity index (χ2v) is 18.9. The molecule has 0 saturated heterocycles. The highest BCUT2D eigenvalue weighted by atomic mass is 32.5. The van der Waals surface area contributed by atoms with Gasteiger partial charge in [-0.3, -0.25) is 19.2 Å². The molecule has 0 spiro atoms. The molecule has 4 N–H and O–H groups in total. The van der Waals surface area contributed by atoms with Crippen LogP contribution in [0.1, 0.15) is 75.6 Å². The van der Waals surface area contributed by atoms with Crippen LogP contribution in [0.5, 0.6) is 5.75 Å². The zero-order valence-corrected chi connectivity index (χ0v) is 39.5. The fourth-order valence-electron chi connectivity index (χ4n) is 5.99. The Bertz CT molecular complexity index is 1780. The Morgan fingerprint density at radius 3 is 1.52 bits per heavy atom. The lowest BCUT2D eigenvalue weighted by Gasteiger charge is -2.35. The first-order valence-electron chi connectivity index (χ1n) is 21.7. The van der Waals surface area contributed by atoms with Crippen molar-refractivity contribution < 1.29 is 57.0 Å². The summed E-state index contributed by atoms with van der Waals surface area (Å²) in [4.78, 5) is 64.3. The van der Waals surface area contributed by atoms with Gasteiger partial charge in [-0.2, -0.15) is 0 Å². The van der Waals surface area contributed by atoms with Gasteiger partial charge in [0, 0.05) is 62.1 Å². The molecule has 0 saturated carbocycles. The van der Waals surface area contributed by atoms with Crippen molar-refractivity contribution in [1.29, 1.82) is 0 Å². The third-order valence-electron chi connectivity index (χ3n) is 9.70. The molecule has 0 aliphatic rings. The van der Waals surface area contributed by atoms with Crippen LogP contribution < -0.4 is 20.5 Å². The number of benzene rings is 2. The molecule has 2 aromatic carbocycles. The number of carbonyl (C=O) groups is 4. The smallest absolute Gasteiger partial charge is 0.251 e. The summed E-state index contributed by atoms with van der Waals surface area (Å²) in [5.41, 5.74) is 0.669. The van der Waals surface area contributed by atoms with E-state index in [2.05, 4.69) is 33.7 Å². The molecule has 1 unspecified atom stereocenters. The van der Waals surface area contributed by atoms with Gasteiger partial charge in [-0.1, -0.05) is 55.9 Å². The summed E-state index contributed by atoms with van der Waals surface area (Å²) in [6, 6.07) is 14.1. The minimum absolute atomic E-state index is 0.00672. The minimum atomic E-state index is -2.99. The van der Waals surface area contributed by atoms with Gasteiger partial charge >= 0.3 is 0 Å². The van der Waals surface area contributed by atoms with E-state index in [0.29, 0.717) is 64.0 Å². The number of hydrogen-bond acceptors (Lipinski definition) is 12. The van der Waals surface area contributed by atoms with Crippen molar-refractivity contribution in [2.45, 2.75) is 76.4 Å². The first-order chi connectivity index (χ1) is 31.3. The van der Waals surface area contributed by atoms with Gasteiger partial charge in [0.15, 0.2) is 0 Å². The molecule has 2 aromatic rings. The van der Waals surface area contributed by atoms with E-state index in [1.807, 2.05) is 26.0 Å². The molecule has 17 heteroatoms. The average molecular weight is 940 g/mol. The van der Waals surface area contributed by atoms with Crippen LogP contribution in [0.25, 0.3) is 11.1 Å². The lowest BCUT2D eigenvalue weighted by molar-refractivity contribution is -0.121. The highest BCUT2D eigenvalue weighted by molar-refractivity contribution is 8.09. The van der Waals surface area contributed by atoms with Gasteiger partial charge in [0.25, 0.3) is 5.91 Å². The zero-order chi connectivity index (χ0) is 47.6. The number of rotatable bonds is 37. The molecule has 0 heterocycles. The van der Waals surface area contributed by atoms with E-state index in [1.54, 1.807) is 36.4 Å². The van der Waals surface area contributed by atoms with Crippen LogP contribution in [-0.4, -0.2) is 132 Å². The maximum Gasteiger partial charge on any atom is 0.251 e. The van der Waals surface area contributed by atoms with Crippen molar-refractivity contribution in [1.82, 2.24) is 16.0 Å². The maximum atomic E-state index is 14.1. The fraction of sp³-hybridized carbons (Fsp3) is 0.542. The van der Waals surface area contributed by atoms with Crippen LogP contribution in [0.15, 0.2) is 48.5 Å². The quantitative estimate of drug-likeness (QED) is 0.0410. The van der Waals surface area contributed by atoms with E-state index in [0.717, 1.165) is 11.1 Å². The normalized spacial score (nSPS) is 12.0. The van der Waals surface area contributed by atoms with Crippen LogP contribution in [0.3, 0.4) is 0 Å². The number of terminal acetylenes is 3. The van der Waals surface area contributed by atoms with E-state index in [9.17, 15) is 24.1 Å². The standard InChI is InChI=1S/C48H66N3O12PS/c1-6-27-57-33-36-60-30-9-10-43(52)19-22-48(23-20-45(53)49-25-31-61-37-34-58-28-7-2,24-21-46(54)50-26-32-62-38-35-59-29-8-3)51-47(55)42-13-11-40(12-14-42)41-15-17-44(18-16-41)63-64(56,65)39(4)5/h1-3,11-18,39H,9-10,19-38H2,4-5H3,(H,49,53)(H,50,54)(H,51,55)(H,56,65). The molecular weight excluding hydrogens is 874 g/mol. The molecule has 356 valence electrons. The van der Waals surface area contributed by atoms with Crippen LogP contribution in [0.2, 0.25) is 0 Å². The molecule has 15 nitrogen and oxygen atoms in total. The van der Waals surface area contributed by atoms with E-state index in [1.165, 1.54) is 0 Å². The summed E-state index contributed by atoms with van der Waals surface area (Å²) in [5, 5.41) is 8.84. The van der Waals surface area contributed by atoms with Gasteiger partial charge in [0.05, 0.1) is 52.9 Å². The van der Waals surface area contributed by atoms with Crippen molar-refractivity contribution in [3.8, 4) is 53.9 Å². The summed E-state index contributed by atoms with van der Waals surface area (Å²) in [5.74, 6) is 6.54. The molecule has 0 radical (unpaired) electrons. The number of ether oxygens (including phenoxy) is 6. The molecule has 0 fully saturated rings. The van der Waals surface area contributed by atoms with E-state index in [-0.39, 0.29) is 114 Å². The van der Waals surface area contributed by atoms with Crippen molar-refractivity contribution in [3.05, 3.63) is 54.1 Å². The Morgan fingerprint density at radius 2 is 1.06 bits per heavy atom. The van der Waals surface area contributed by atoms with Crippen LogP contribution in [0.4, 0.5) is 0 Å². The lowest BCUT2D eigenvalue weighted by atomic mass is 9.82. The molecule has 0 aromatic heterocycles. The Hall–Kier alpha value is -4.63. The van der Waals surface area contributed by atoms with Gasteiger partial charge in [0.1, 0.15) is 31.4 Å². The fourth-order valence-corrected chi connectivity index (χ4v) is 6.88. The van der Waals surface area contributed by atoms with Gasteiger partial charge in [0.2, 0.25) is 18.3 Å². The summed E-state index contributed by atoms with van der Waals surface area (Å²) < 4.78 is 37.9. The highest BCUT2D eigenvalue weighted by Gasteiger charge is 2.34. The van der Waals surface area contributed by atoms with Crippen LogP contribution in [-0.2, 0) is 54.6 Å². The number of nitrogens with one attached hydrogen (secondary N) is 3. The predicted molar refractivity (Wildman–Crippen MR) is 254 cm³/mol. The highest BCUT2D eigenvalue weighted by Crippen LogP contribution is 2.47. The molecule has 0 aliphatic heterocycles. The summed E-state index contributed by atoms with van der Waals surface area (Å²) in [6.45, 7) is 4.47. The third kappa shape index (κ3) is 25.6. The second-order valence-electron chi connectivity index (χ2n) is 15.0. The summed E-state index contributed by atoms with van der Waals surface area (Å²) in [7, 11) is 0. The predicted octanol–water partition coefficient (Wildman–Crippen LogP) is 4.83. The molecule has 1 atom stereocenters. The Balaban J connectivity index is 2.25. The largest absolute Gasteiger partial charge is 0.443 e. The lowest BCUT2D eigenvalue weighted by Crippen LogP contribution is -2.50. The minimum Gasteiger partial charge on any atom is -0.443 e. The molecule has 65 heavy (non-hydrogen) atoms. The number of amides is 3. The number of Topliss-reactive ketones (excluding diaryl/α,β-unsaturated/α-hetero) is 1. The average Bonchev–Trinajstić information content (AvgIpc) is 3.29. The van der Waals surface area contributed by atoms with Crippen molar-refractivity contribution in [2.75, 3.05) is 92.4 Å². The second kappa shape index (κ2) is 33.8.